The van der Waals surface area contributed by atoms with Crippen molar-refractivity contribution in [1.29, 1.82) is 0 Å². The van der Waals surface area contributed by atoms with Gasteiger partial charge in [0.1, 0.15) is 5.82 Å². The van der Waals surface area contributed by atoms with E-state index in [-0.39, 0.29) is 5.54 Å². The van der Waals surface area contributed by atoms with Gasteiger partial charge in [-0.05, 0) is 27.2 Å². The summed E-state index contributed by atoms with van der Waals surface area (Å²) < 4.78 is 0. The first-order valence-corrected chi connectivity index (χ1v) is 4.52. The van der Waals surface area contributed by atoms with Gasteiger partial charge in [0.25, 0.3) is 0 Å². The van der Waals surface area contributed by atoms with Crippen LogP contribution in [0.15, 0.2) is 24.7 Å². The smallest absolute Gasteiger partial charge is 0.110 e. The van der Waals surface area contributed by atoms with Gasteiger partial charge in [-0.25, -0.2) is 0 Å². The van der Waals surface area contributed by atoms with Crippen molar-refractivity contribution < 1.29 is 0 Å². The Morgan fingerprint density at radius 3 is 2.08 bits per heavy atom. The number of allylic oxidation sites excluding steroid dienone is 1. The van der Waals surface area contributed by atoms with E-state index in [4.69, 9.17) is 0 Å². The summed E-state index contributed by atoms with van der Waals surface area (Å²) in [7, 11) is 0. The highest BCUT2D eigenvalue weighted by molar-refractivity contribution is 4.96. The van der Waals surface area contributed by atoms with Crippen LogP contribution in [0.5, 0.6) is 0 Å². The van der Waals surface area contributed by atoms with Gasteiger partial charge in [-0.1, -0.05) is 20.1 Å². The molecule has 0 aliphatic rings. The van der Waals surface area contributed by atoms with E-state index >= 15 is 0 Å². The minimum Gasteiger partial charge on any atom is -0.366 e. The molecular weight excluding hydrogens is 162 g/mol. The molecule has 0 saturated carbocycles. The third-order valence-electron chi connectivity index (χ3n) is 1.34. The molecule has 76 valence electrons. The average Bonchev–Trinajstić information content (AvgIpc) is 1.97. The number of hydrogen-bond donors (Lipinski definition) is 3. The molecule has 0 radical (unpaired) electrons. The van der Waals surface area contributed by atoms with Crippen LogP contribution in [0.1, 0.15) is 34.1 Å². The summed E-state index contributed by atoms with van der Waals surface area (Å²) in [6.07, 6.45) is 0.899. The normalized spacial score (nSPS) is 10.5. The van der Waals surface area contributed by atoms with Gasteiger partial charge in [-0.2, -0.15) is 0 Å². The van der Waals surface area contributed by atoms with Gasteiger partial charge in [-0.3, -0.25) is 5.43 Å². The van der Waals surface area contributed by atoms with Crippen molar-refractivity contribution in [3.8, 4) is 0 Å². The van der Waals surface area contributed by atoms with Crippen molar-refractivity contribution in [2.45, 2.75) is 39.7 Å². The molecule has 0 spiro atoms. The van der Waals surface area contributed by atoms with Crippen molar-refractivity contribution >= 4 is 0 Å². The third-order valence-corrected chi connectivity index (χ3v) is 1.34. The van der Waals surface area contributed by atoms with Crippen LogP contribution in [-0.4, -0.2) is 5.54 Å². The first-order chi connectivity index (χ1) is 5.85. The predicted molar refractivity (Wildman–Crippen MR) is 57.7 cm³/mol. The largest absolute Gasteiger partial charge is 0.366 e. The maximum Gasteiger partial charge on any atom is 0.110 e. The van der Waals surface area contributed by atoms with Crippen molar-refractivity contribution in [2.75, 3.05) is 0 Å². The lowest BCUT2D eigenvalue weighted by atomic mass is 10.1. The summed E-state index contributed by atoms with van der Waals surface area (Å²) in [5.41, 5.74) is 6.85. The van der Waals surface area contributed by atoms with Gasteiger partial charge in [-0.15, -0.1) is 0 Å². The number of nitrogens with one attached hydrogen (secondary N) is 3. The second-order valence-corrected chi connectivity index (χ2v) is 4.06. The Balaban J connectivity index is 3.71. The monoisotopic (exact) mass is 183 g/mol. The maximum atomic E-state index is 3.82. The SMILES string of the molecule is C=C(CC)NNC(=C)NC(C)(C)C. The molecule has 0 bridgehead atoms. The van der Waals surface area contributed by atoms with Crippen LogP contribution >= 0.6 is 0 Å². The van der Waals surface area contributed by atoms with E-state index in [1.807, 2.05) is 6.92 Å². The van der Waals surface area contributed by atoms with E-state index in [0.29, 0.717) is 0 Å². The molecule has 0 heterocycles. The Hall–Kier alpha value is -1.12. The Morgan fingerprint density at radius 2 is 1.69 bits per heavy atom. The predicted octanol–water partition coefficient (Wildman–Crippen LogP) is 1.86. The minimum absolute atomic E-state index is 0.0271. The molecule has 0 aliphatic carbocycles. The molecule has 3 nitrogen and oxygen atoms in total. The molecule has 0 aromatic heterocycles. The highest BCUT2D eigenvalue weighted by atomic mass is 15.4. The molecule has 0 fully saturated rings. The van der Waals surface area contributed by atoms with Crippen molar-refractivity contribution in [1.82, 2.24) is 16.2 Å². The standard InChI is InChI=1S/C10H21N3/c1-7-8(2)12-13-9(3)11-10(4,5)6/h11-13H,2-3,7H2,1,4-6H3. The number of rotatable bonds is 5. The van der Waals surface area contributed by atoms with E-state index in [9.17, 15) is 0 Å². The van der Waals surface area contributed by atoms with Crippen LogP contribution in [0.25, 0.3) is 0 Å². The molecule has 0 amide bonds. The Morgan fingerprint density at radius 1 is 1.15 bits per heavy atom. The topological polar surface area (TPSA) is 36.1 Å². The van der Waals surface area contributed by atoms with Gasteiger partial charge >= 0.3 is 0 Å². The molecule has 0 aromatic rings. The molecule has 3 N–H and O–H groups in total. The molecule has 3 heteroatoms. The highest BCUT2D eigenvalue weighted by Crippen LogP contribution is 2.00. The van der Waals surface area contributed by atoms with E-state index in [2.05, 4.69) is 50.1 Å². The second kappa shape index (κ2) is 4.80. The minimum atomic E-state index is 0.0271. The molecular formula is C10H21N3. The van der Waals surface area contributed by atoms with Crippen molar-refractivity contribution in [3.05, 3.63) is 24.7 Å². The molecule has 0 saturated heterocycles. The van der Waals surface area contributed by atoms with E-state index in [1.165, 1.54) is 0 Å². The van der Waals surface area contributed by atoms with Gasteiger partial charge in [0.2, 0.25) is 0 Å². The fourth-order valence-corrected chi connectivity index (χ4v) is 0.736. The summed E-state index contributed by atoms with van der Waals surface area (Å²) in [5.74, 6) is 0.752. The number of hydrazine groups is 1. The average molecular weight is 183 g/mol. The molecule has 0 unspecified atom stereocenters. The zero-order valence-corrected chi connectivity index (χ0v) is 9.12. The first kappa shape index (κ1) is 11.9. The summed E-state index contributed by atoms with van der Waals surface area (Å²) in [5, 5.41) is 3.19. The van der Waals surface area contributed by atoms with Gasteiger partial charge < -0.3 is 10.7 Å². The first-order valence-electron chi connectivity index (χ1n) is 4.52. The van der Waals surface area contributed by atoms with Crippen LogP contribution in [0, 0.1) is 0 Å². The maximum absolute atomic E-state index is 3.82. The molecule has 0 aromatic carbocycles. The van der Waals surface area contributed by atoms with Crippen molar-refractivity contribution in [3.63, 3.8) is 0 Å². The molecule has 13 heavy (non-hydrogen) atoms. The van der Waals surface area contributed by atoms with Crippen molar-refractivity contribution in [2.24, 2.45) is 0 Å². The van der Waals surface area contributed by atoms with Crippen LogP contribution in [-0.2, 0) is 0 Å². The Bertz CT molecular complexity index is 189. The molecule has 0 aliphatic heterocycles. The van der Waals surface area contributed by atoms with Gasteiger partial charge in [0.15, 0.2) is 0 Å². The van der Waals surface area contributed by atoms with Gasteiger partial charge in [0, 0.05) is 11.2 Å². The third kappa shape index (κ3) is 7.25. The van der Waals surface area contributed by atoms with E-state index < -0.39 is 0 Å². The summed E-state index contributed by atoms with van der Waals surface area (Å²) >= 11 is 0. The lowest BCUT2D eigenvalue weighted by Gasteiger charge is -2.24. The van der Waals surface area contributed by atoms with E-state index in [0.717, 1.165) is 17.9 Å². The second-order valence-electron chi connectivity index (χ2n) is 4.06. The van der Waals surface area contributed by atoms with Crippen LogP contribution in [0.2, 0.25) is 0 Å². The van der Waals surface area contributed by atoms with E-state index in [1.54, 1.807) is 0 Å². The quantitative estimate of drug-likeness (QED) is 0.569. The highest BCUT2D eigenvalue weighted by Gasteiger charge is 2.08. The zero-order valence-electron chi connectivity index (χ0n) is 9.12. The molecule has 0 atom stereocenters. The van der Waals surface area contributed by atoms with Gasteiger partial charge in [0.05, 0.1) is 0 Å². The fraction of sp³-hybridized carbons (Fsp3) is 0.600. The molecule has 0 rings (SSSR count). The summed E-state index contributed by atoms with van der Waals surface area (Å²) in [4.78, 5) is 0. The lowest BCUT2D eigenvalue weighted by molar-refractivity contribution is 0.442. The lowest BCUT2D eigenvalue weighted by Crippen LogP contribution is -2.43. The summed E-state index contributed by atoms with van der Waals surface area (Å²) in [6, 6.07) is 0. The van der Waals surface area contributed by atoms with Crippen LogP contribution in [0.4, 0.5) is 0 Å². The Labute approximate surface area is 81.3 Å². The summed E-state index contributed by atoms with van der Waals surface area (Å²) in [6.45, 7) is 15.9. The fourth-order valence-electron chi connectivity index (χ4n) is 0.736. The number of hydrogen-bond acceptors (Lipinski definition) is 3. The van der Waals surface area contributed by atoms with Crippen LogP contribution in [0.3, 0.4) is 0 Å². The Kier molecular flexibility index (Phi) is 4.38. The van der Waals surface area contributed by atoms with Crippen LogP contribution < -0.4 is 16.2 Å². The zero-order chi connectivity index (χ0) is 10.5.